The lowest BCUT2D eigenvalue weighted by Crippen LogP contribution is -2.34. The Hall–Kier alpha value is -1.99. The van der Waals surface area contributed by atoms with Crippen molar-refractivity contribution in [3.05, 3.63) is 46.0 Å². The van der Waals surface area contributed by atoms with Gasteiger partial charge >= 0.3 is 5.97 Å². The summed E-state index contributed by atoms with van der Waals surface area (Å²) in [7, 11) is 1.27. The van der Waals surface area contributed by atoms with Gasteiger partial charge in [-0.05, 0) is 24.8 Å². The molecule has 1 aliphatic rings. The van der Waals surface area contributed by atoms with Crippen LogP contribution in [-0.2, 0) is 19.0 Å². The second-order valence-electron chi connectivity index (χ2n) is 5.73. The molecule has 1 saturated heterocycles. The van der Waals surface area contributed by atoms with Crippen molar-refractivity contribution in [2.75, 3.05) is 13.7 Å². The van der Waals surface area contributed by atoms with Crippen LogP contribution < -0.4 is 0 Å². The molecule has 1 aromatic carbocycles. The summed E-state index contributed by atoms with van der Waals surface area (Å²) in [6, 6.07) is 8.00. The van der Waals surface area contributed by atoms with Gasteiger partial charge in [-0.3, -0.25) is 14.9 Å². The highest BCUT2D eigenvalue weighted by Gasteiger charge is 2.36. The van der Waals surface area contributed by atoms with Crippen LogP contribution in [0.25, 0.3) is 0 Å². The topological polar surface area (TPSA) is 87.9 Å². The molecule has 0 bridgehead atoms. The minimum atomic E-state index is -1.04. The van der Waals surface area contributed by atoms with Crippen LogP contribution in [0.3, 0.4) is 0 Å². The normalized spacial score (nSPS) is 20.1. The molecule has 0 aliphatic carbocycles. The average molecular weight is 337 g/mol. The molecule has 1 aliphatic heterocycles. The second-order valence-corrected chi connectivity index (χ2v) is 5.73. The highest BCUT2D eigenvalue weighted by atomic mass is 16.7. The third-order valence-electron chi connectivity index (χ3n) is 4.06. The first kappa shape index (κ1) is 18.4. The van der Waals surface area contributed by atoms with E-state index >= 15 is 0 Å². The molecular weight excluding hydrogens is 314 g/mol. The van der Waals surface area contributed by atoms with Gasteiger partial charge in [-0.15, -0.1) is 0 Å². The van der Waals surface area contributed by atoms with Gasteiger partial charge in [0.25, 0.3) is 0 Å². The summed E-state index contributed by atoms with van der Waals surface area (Å²) in [5.74, 6) is -0.470. The molecule has 7 heteroatoms. The Morgan fingerprint density at radius 1 is 1.38 bits per heavy atom. The molecule has 0 aromatic heterocycles. The van der Waals surface area contributed by atoms with Crippen molar-refractivity contribution in [1.82, 2.24) is 0 Å². The summed E-state index contributed by atoms with van der Waals surface area (Å²) in [5, 5.41) is 11.6. The lowest BCUT2D eigenvalue weighted by Gasteiger charge is -2.29. The SMILES string of the molecule is COC(=O)CCC([C@@H](OC1CCCCO1)c1ccccc1)[N+](=O)[O-]. The number of carbonyl (C=O) groups is 1. The number of nitro groups is 1. The minimum Gasteiger partial charge on any atom is -0.469 e. The molecule has 1 aromatic rings. The minimum absolute atomic E-state index is 0.0274. The molecule has 0 N–H and O–H groups in total. The number of esters is 1. The van der Waals surface area contributed by atoms with E-state index in [2.05, 4.69) is 4.74 Å². The zero-order valence-electron chi connectivity index (χ0n) is 13.8. The Morgan fingerprint density at radius 2 is 2.12 bits per heavy atom. The molecule has 0 spiro atoms. The van der Waals surface area contributed by atoms with Crippen molar-refractivity contribution < 1.29 is 23.9 Å². The van der Waals surface area contributed by atoms with Gasteiger partial charge in [0.15, 0.2) is 12.4 Å². The van der Waals surface area contributed by atoms with Gasteiger partial charge < -0.3 is 14.2 Å². The lowest BCUT2D eigenvalue weighted by molar-refractivity contribution is -0.540. The second kappa shape index (κ2) is 9.34. The fourth-order valence-corrected chi connectivity index (χ4v) is 2.75. The zero-order valence-corrected chi connectivity index (χ0v) is 13.8. The standard InChI is InChI=1S/C17H23NO6/c1-22-15(19)11-10-14(18(20)21)17(13-7-3-2-4-8-13)24-16-9-5-6-12-23-16/h2-4,7-8,14,16-17H,5-6,9-12H2,1H3/t14?,16?,17-/m0/s1. The van der Waals surface area contributed by atoms with Gasteiger partial charge in [-0.1, -0.05) is 30.3 Å². The number of carbonyl (C=O) groups excluding carboxylic acids is 1. The number of methoxy groups -OCH3 is 1. The third kappa shape index (κ3) is 5.28. The molecular formula is C17H23NO6. The largest absolute Gasteiger partial charge is 0.469 e. The number of ether oxygens (including phenoxy) is 3. The van der Waals surface area contributed by atoms with Crippen molar-refractivity contribution in [2.24, 2.45) is 0 Å². The Labute approximate surface area is 141 Å². The van der Waals surface area contributed by atoms with Crippen molar-refractivity contribution in [3.8, 4) is 0 Å². The number of hydrogen-bond acceptors (Lipinski definition) is 6. The van der Waals surface area contributed by atoms with Crippen LogP contribution >= 0.6 is 0 Å². The van der Waals surface area contributed by atoms with Crippen LogP contribution in [0.4, 0.5) is 0 Å². The quantitative estimate of drug-likeness (QED) is 0.412. The van der Waals surface area contributed by atoms with Crippen LogP contribution in [0, 0.1) is 10.1 Å². The monoisotopic (exact) mass is 337 g/mol. The first-order chi connectivity index (χ1) is 11.6. The van der Waals surface area contributed by atoms with Gasteiger partial charge in [0.1, 0.15) is 0 Å². The van der Waals surface area contributed by atoms with Gasteiger partial charge in [-0.25, -0.2) is 0 Å². The lowest BCUT2D eigenvalue weighted by atomic mass is 9.98. The van der Waals surface area contributed by atoms with E-state index in [4.69, 9.17) is 9.47 Å². The van der Waals surface area contributed by atoms with Crippen LogP contribution in [0.5, 0.6) is 0 Å². The molecule has 132 valence electrons. The maximum absolute atomic E-state index is 11.6. The molecule has 2 unspecified atom stereocenters. The van der Waals surface area contributed by atoms with E-state index in [-0.39, 0.29) is 17.8 Å². The summed E-state index contributed by atoms with van der Waals surface area (Å²) < 4.78 is 16.1. The van der Waals surface area contributed by atoms with E-state index in [1.54, 1.807) is 12.1 Å². The molecule has 3 atom stereocenters. The molecule has 2 rings (SSSR count). The van der Waals surface area contributed by atoms with E-state index in [0.29, 0.717) is 18.6 Å². The van der Waals surface area contributed by atoms with Crippen molar-refractivity contribution >= 4 is 5.97 Å². The number of hydrogen-bond donors (Lipinski definition) is 0. The Morgan fingerprint density at radius 3 is 2.71 bits per heavy atom. The van der Waals surface area contributed by atoms with Gasteiger partial charge in [0.2, 0.25) is 6.04 Å². The molecule has 1 fully saturated rings. The van der Waals surface area contributed by atoms with Crippen molar-refractivity contribution in [1.29, 1.82) is 0 Å². The fourth-order valence-electron chi connectivity index (χ4n) is 2.75. The number of nitrogens with zero attached hydrogens (tertiary/aromatic N) is 1. The third-order valence-corrected chi connectivity index (χ3v) is 4.06. The van der Waals surface area contributed by atoms with E-state index in [1.165, 1.54) is 7.11 Å². The van der Waals surface area contributed by atoms with Gasteiger partial charge in [0.05, 0.1) is 13.5 Å². The van der Waals surface area contributed by atoms with Crippen LogP contribution in [0.15, 0.2) is 30.3 Å². The van der Waals surface area contributed by atoms with E-state index in [0.717, 1.165) is 12.8 Å². The van der Waals surface area contributed by atoms with Gasteiger partial charge in [0, 0.05) is 18.0 Å². The highest BCUT2D eigenvalue weighted by molar-refractivity contribution is 5.69. The Kier molecular flexibility index (Phi) is 7.14. The highest BCUT2D eigenvalue weighted by Crippen LogP contribution is 2.30. The Balaban J connectivity index is 2.17. The van der Waals surface area contributed by atoms with Crippen LogP contribution in [0.1, 0.15) is 43.8 Å². The van der Waals surface area contributed by atoms with Gasteiger partial charge in [-0.2, -0.15) is 0 Å². The smallest absolute Gasteiger partial charge is 0.305 e. The summed E-state index contributed by atoms with van der Waals surface area (Å²) in [4.78, 5) is 22.6. The summed E-state index contributed by atoms with van der Waals surface area (Å²) in [5.41, 5.74) is 0.707. The number of rotatable bonds is 8. The first-order valence-electron chi connectivity index (χ1n) is 8.14. The predicted molar refractivity (Wildman–Crippen MR) is 85.9 cm³/mol. The summed E-state index contributed by atoms with van der Waals surface area (Å²) in [6.07, 6.45) is 1.45. The molecule has 24 heavy (non-hydrogen) atoms. The van der Waals surface area contributed by atoms with Crippen LogP contribution in [0.2, 0.25) is 0 Å². The van der Waals surface area contributed by atoms with Crippen LogP contribution in [-0.4, -0.2) is 36.9 Å². The molecule has 1 heterocycles. The van der Waals surface area contributed by atoms with E-state index in [1.807, 2.05) is 18.2 Å². The van der Waals surface area contributed by atoms with E-state index in [9.17, 15) is 14.9 Å². The molecule has 0 radical (unpaired) electrons. The molecule has 0 saturated carbocycles. The van der Waals surface area contributed by atoms with E-state index < -0.39 is 24.4 Å². The molecule has 0 amide bonds. The molecule has 7 nitrogen and oxygen atoms in total. The Bertz CT molecular complexity index is 529. The zero-order chi connectivity index (χ0) is 17.4. The van der Waals surface area contributed by atoms with Crippen molar-refractivity contribution in [2.45, 2.75) is 50.5 Å². The first-order valence-corrected chi connectivity index (χ1v) is 8.14. The predicted octanol–water partition coefficient (Wildman–Crippen LogP) is 2.87. The summed E-state index contributed by atoms with van der Waals surface area (Å²) >= 11 is 0. The maximum atomic E-state index is 11.6. The fraction of sp³-hybridized carbons (Fsp3) is 0.588. The number of benzene rings is 1. The van der Waals surface area contributed by atoms with Crippen molar-refractivity contribution in [3.63, 3.8) is 0 Å². The maximum Gasteiger partial charge on any atom is 0.305 e. The average Bonchev–Trinajstić information content (AvgIpc) is 2.62. The summed E-state index contributed by atoms with van der Waals surface area (Å²) in [6.45, 7) is 0.595.